The molecule has 1 aliphatic heterocycles. The summed E-state index contributed by atoms with van der Waals surface area (Å²) >= 11 is 0. The molecule has 0 unspecified atom stereocenters. The van der Waals surface area contributed by atoms with Gasteiger partial charge >= 0.3 is 6.03 Å². The van der Waals surface area contributed by atoms with Crippen molar-refractivity contribution in [3.8, 4) is 0 Å². The summed E-state index contributed by atoms with van der Waals surface area (Å²) in [5.74, 6) is 0.782. The number of hydrogen-bond acceptors (Lipinski definition) is 3. The second kappa shape index (κ2) is 6.46. The van der Waals surface area contributed by atoms with E-state index in [0.717, 1.165) is 18.7 Å². The lowest BCUT2D eigenvalue weighted by Gasteiger charge is -2.32. The summed E-state index contributed by atoms with van der Waals surface area (Å²) < 4.78 is 16.3. The minimum absolute atomic E-state index is 0.185. The first kappa shape index (κ1) is 16.1. The minimum atomic E-state index is -0.377. The summed E-state index contributed by atoms with van der Waals surface area (Å²) in [4.78, 5) is 14.3. The lowest BCUT2D eigenvalue weighted by Crippen LogP contribution is -2.42. The normalized spacial score (nSPS) is 20.6. The molecule has 0 radical (unpaired) electrons. The van der Waals surface area contributed by atoms with Crippen molar-refractivity contribution in [1.29, 1.82) is 0 Å². The highest BCUT2D eigenvalue weighted by Gasteiger charge is 2.32. The summed E-state index contributed by atoms with van der Waals surface area (Å²) in [6.45, 7) is 2.95. The second-order valence-electron chi connectivity index (χ2n) is 6.98. The van der Waals surface area contributed by atoms with Gasteiger partial charge in [-0.05, 0) is 44.2 Å². The average molecular weight is 343 g/mol. The fourth-order valence-electron chi connectivity index (χ4n) is 3.49. The highest BCUT2D eigenvalue weighted by molar-refractivity contribution is 5.89. The zero-order chi connectivity index (χ0) is 17.4. The van der Waals surface area contributed by atoms with Gasteiger partial charge in [0.05, 0.1) is 5.69 Å². The van der Waals surface area contributed by atoms with Gasteiger partial charge in [-0.3, -0.25) is 0 Å². The molecule has 1 aromatic heterocycles. The summed E-state index contributed by atoms with van der Waals surface area (Å²) in [5.41, 5.74) is 0.750. The third kappa shape index (κ3) is 3.23. The summed E-state index contributed by atoms with van der Waals surface area (Å²) in [6, 6.07) is 5.28. The fraction of sp³-hybridized carbons (Fsp3) is 0.500. The van der Waals surface area contributed by atoms with Crippen LogP contribution < -0.4 is 5.32 Å². The number of nitrogens with zero attached hydrogens (tertiary/aromatic N) is 4. The number of likely N-dealkylation sites (tertiary alicyclic amines) is 1. The van der Waals surface area contributed by atoms with Gasteiger partial charge in [0, 0.05) is 25.0 Å². The van der Waals surface area contributed by atoms with Crippen molar-refractivity contribution in [2.75, 3.05) is 18.4 Å². The van der Waals surface area contributed by atoms with E-state index in [9.17, 15) is 9.18 Å². The molecule has 0 bridgehead atoms. The van der Waals surface area contributed by atoms with Crippen molar-refractivity contribution in [1.82, 2.24) is 19.7 Å². The Morgan fingerprint density at radius 3 is 2.96 bits per heavy atom. The van der Waals surface area contributed by atoms with Crippen molar-refractivity contribution in [3.63, 3.8) is 0 Å². The number of carbonyl (C=O) groups is 1. The van der Waals surface area contributed by atoms with Crippen molar-refractivity contribution in [2.45, 2.75) is 44.6 Å². The third-order valence-corrected chi connectivity index (χ3v) is 5.05. The highest BCUT2D eigenvalue weighted by Crippen LogP contribution is 2.38. The lowest BCUT2D eigenvalue weighted by atomic mass is 9.97. The van der Waals surface area contributed by atoms with Crippen LogP contribution in [0.4, 0.5) is 14.9 Å². The molecule has 7 heteroatoms. The highest BCUT2D eigenvalue weighted by atomic mass is 19.1. The molecule has 2 amide bonds. The van der Waals surface area contributed by atoms with Crippen molar-refractivity contribution >= 4 is 11.7 Å². The number of anilines is 1. The summed E-state index contributed by atoms with van der Waals surface area (Å²) in [5, 5.41) is 11.1. The van der Waals surface area contributed by atoms with Gasteiger partial charge in [0.1, 0.15) is 18.0 Å². The van der Waals surface area contributed by atoms with E-state index < -0.39 is 0 Å². The Kier molecular flexibility index (Phi) is 4.15. The van der Waals surface area contributed by atoms with Gasteiger partial charge in [0.25, 0.3) is 0 Å². The standard InChI is InChI=1S/C18H22FN5O/c1-12-4-2-6-15(16(12)19)21-18(25)23-9-3-5-13(10-23)17-22-20-11-24(17)14-7-8-14/h2,4,6,11,13-14H,3,5,7-10H2,1H3,(H,21,25)/t13-/m0/s1. The van der Waals surface area contributed by atoms with Crippen molar-refractivity contribution < 1.29 is 9.18 Å². The largest absolute Gasteiger partial charge is 0.324 e. The molecule has 6 nitrogen and oxygen atoms in total. The van der Waals surface area contributed by atoms with Gasteiger partial charge in [-0.2, -0.15) is 0 Å². The molecule has 2 aliphatic rings. The van der Waals surface area contributed by atoms with Crippen LogP contribution in [0.2, 0.25) is 0 Å². The van der Waals surface area contributed by atoms with Crippen LogP contribution in [0, 0.1) is 12.7 Å². The zero-order valence-corrected chi connectivity index (χ0v) is 14.3. The van der Waals surface area contributed by atoms with E-state index in [-0.39, 0.29) is 23.5 Å². The molecule has 2 aromatic rings. The molecule has 2 heterocycles. The number of aromatic nitrogens is 3. The number of piperidine rings is 1. The van der Waals surface area contributed by atoms with Gasteiger partial charge in [-0.15, -0.1) is 10.2 Å². The van der Waals surface area contributed by atoms with Crippen LogP contribution in [0.1, 0.15) is 49.0 Å². The van der Waals surface area contributed by atoms with Crippen LogP contribution in [-0.4, -0.2) is 38.8 Å². The smallest absolute Gasteiger partial charge is 0.321 e. The molecule has 2 fully saturated rings. The van der Waals surface area contributed by atoms with Gasteiger partial charge in [0.2, 0.25) is 0 Å². The van der Waals surface area contributed by atoms with Gasteiger partial charge in [0.15, 0.2) is 0 Å². The molecule has 1 N–H and O–H groups in total. The van der Waals surface area contributed by atoms with Gasteiger partial charge in [-0.1, -0.05) is 12.1 Å². The van der Waals surface area contributed by atoms with E-state index in [0.29, 0.717) is 24.7 Å². The number of rotatable bonds is 3. The Bertz CT molecular complexity index is 786. The number of urea groups is 1. The van der Waals surface area contributed by atoms with Crippen LogP contribution in [0.15, 0.2) is 24.5 Å². The average Bonchev–Trinajstić information content (AvgIpc) is 3.35. The second-order valence-corrected chi connectivity index (χ2v) is 6.98. The van der Waals surface area contributed by atoms with E-state index >= 15 is 0 Å². The van der Waals surface area contributed by atoms with Crippen LogP contribution in [0.25, 0.3) is 0 Å². The molecule has 4 rings (SSSR count). The van der Waals surface area contributed by atoms with E-state index in [2.05, 4.69) is 20.1 Å². The molecule has 1 atom stereocenters. The van der Waals surface area contributed by atoms with E-state index in [1.54, 1.807) is 36.4 Å². The summed E-state index contributed by atoms with van der Waals surface area (Å²) in [7, 11) is 0. The van der Waals surface area contributed by atoms with Crippen molar-refractivity contribution in [2.24, 2.45) is 0 Å². The minimum Gasteiger partial charge on any atom is -0.324 e. The number of benzene rings is 1. The van der Waals surface area contributed by atoms with E-state index in [1.165, 1.54) is 12.8 Å². The third-order valence-electron chi connectivity index (χ3n) is 5.05. The molecule has 0 spiro atoms. The van der Waals surface area contributed by atoms with Crippen molar-refractivity contribution in [3.05, 3.63) is 41.7 Å². The predicted molar refractivity (Wildman–Crippen MR) is 92.0 cm³/mol. The number of aryl methyl sites for hydroxylation is 1. The van der Waals surface area contributed by atoms with Crippen LogP contribution in [-0.2, 0) is 0 Å². The molecule has 1 saturated heterocycles. The number of hydrogen-bond donors (Lipinski definition) is 1. The maximum absolute atomic E-state index is 14.1. The monoisotopic (exact) mass is 343 g/mol. The number of amides is 2. The van der Waals surface area contributed by atoms with E-state index in [4.69, 9.17) is 0 Å². The summed E-state index contributed by atoms with van der Waals surface area (Å²) in [6.07, 6.45) is 6.05. The Hall–Kier alpha value is -2.44. The maximum atomic E-state index is 14.1. The van der Waals surface area contributed by atoms with Crippen LogP contribution in [0.3, 0.4) is 0 Å². The molecule has 1 aromatic carbocycles. The molecule has 132 valence electrons. The molecular weight excluding hydrogens is 321 g/mol. The molecule has 25 heavy (non-hydrogen) atoms. The first-order chi connectivity index (χ1) is 12.1. The molecular formula is C18H22FN5O. The first-order valence-electron chi connectivity index (χ1n) is 8.84. The van der Waals surface area contributed by atoms with Gasteiger partial charge in [-0.25, -0.2) is 9.18 Å². The number of carbonyl (C=O) groups excluding carboxylic acids is 1. The quantitative estimate of drug-likeness (QED) is 0.928. The number of halogens is 1. The maximum Gasteiger partial charge on any atom is 0.321 e. The molecule has 1 saturated carbocycles. The molecule has 1 aliphatic carbocycles. The fourth-order valence-corrected chi connectivity index (χ4v) is 3.49. The Morgan fingerprint density at radius 1 is 1.32 bits per heavy atom. The predicted octanol–water partition coefficient (Wildman–Crippen LogP) is 3.47. The van der Waals surface area contributed by atoms with Crippen LogP contribution in [0.5, 0.6) is 0 Å². The Morgan fingerprint density at radius 2 is 2.16 bits per heavy atom. The van der Waals surface area contributed by atoms with Gasteiger partial charge < -0.3 is 14.8 Å². The number of nitrogens with one attached hydrogen (secondary N) is 1. The van der Waals surface area contributed by atoms with Crippen LogP contribution >= 0.6 is 0 Å². The zero-order valence-electron chi connectivity index (χ0n) is 14.3. The Balaban J connectivity index is 1.46. The topological polar surface area (TPSA) is 63.1 Å². The lowest BCUT2D eigenvalue weighted by molar-refractivity contribution is 0.190. The Labute approximate surface area is 146 Å². The van der Waals surface area contributed by atoms with E-state index in [1.807, 2.05) is 0 Å². The SMILES string of the molecule is Cc1cccc(NC(=O)N2CCC[C@H](c3nncn3C3CC3)C2)c1F. The first-order valence-corrected chi connectivity index (χ1v) is 8.84.